The molecule has 188 valence electrons. The van der Waals surface area contributed by atoms with Gasteiger partial charge in [-0.15, -0.1) is 0 Å². The maximum absolute atomic E-state index is 12.9. The standard InChI is InChI=1S/C26H29N5O5/c1-30(2)13-12-27-24(33)19-7-4-18(5-8-19)6-10-21(29-26(35)28-17-32)16-31-15-20-9-11-22(36-3)14-23(20)25(31)34/h4-5,7-9,11,14,17,21H,12-13,15-16H2,1-3H3,(H,27,33)(H2,28,29,32,35)/t21-/m1/s1. The van der Waals surface area contributed by atoms with Crippen molar-refractivity contribution in [3.8, 4) is 17.6 Å². The molecule has 0 fully saturated rings. The van der Waals surface area contributed by atoms with Crippen molar-refractivity contribution in [2.75, 3.05) is 40.8 Å². The summed E-state index contributed by atoms with van der Waals surface area (Å²) in [5.74, 6) is 6.13. The summed E-state index contributed by atoms with van der Waals surface area (Å²) in [5.41, 5.74) is 2.53. The molecule has 0 radical (unpaired) electrons. The van der Waals surface area contributed by atoms with Crippen LogP contribution in [-0.2, 0) is 11.3 Å². The minimum atomic E-state index is -0.751. The minimum Gasteiger partial charge on any atom is -0.497 e. The van der Waals surface area contributed by atoms with E-state index in [1.807, 2.05) is 30.4 Å². The van der Waals surface area contributed by atoms with E-state index < -0.39 is 12.1 Å². The fourth-order valence-corrected chi connectivity index (χ4v) is 3.59. The number of rotatable bonds is 9. The van der Waals surface area contributed by atoms with Gasteiger partial charge in [0.1, 0.15) is 11.8 Å². The molecule has 5 amide bonds. The lowest BCUT2D eigenvalue weighted by atomic mass is 10.1. The van der Waals surface area contributed by atoms with Gasteiger partial charge in [-0.25, -0.2) is 4.79 Å². The van der Waals surface area contributed by atoms with E-state index in [1.165, 1.54) is 7.11 Å². The van der Waals surface area contributed by atoms with Crippen LogP contribution in [0.2, 0.25) is 0 Å². The number of hydrogen-bond acceptors (Lipinski definition) is 6. The quantitative estimate of drug-likeness (QED) is 0.353. The topological polar surface area (TPSA) is 120 Å². The first-order chi connectivity index (χ1) is 17.3. The van der Waals surface area contributed by atoms with Crippen molar-refractivity contribution in [1.82, 2.24) is 25.8 Å². The highest BCUT2D eigenvalue weighted by Gasteiger charge is 2.29. The molecule has 2 aromatic carbocycles. The Labute approximate surface area is 210 Å². The van der Waals surface area contributed by atoms with E-state index >= 15 is 0 Å². The van der Waals surface area contributed by atoms with Crippen molar-refractivity contribution in [2.24, 2.45) is 0 Å². The summed E-state index contributed by atoms with van der Waals surface area (Å²) < 4.78 is 5.20. The highest BCUT2D eigenvalue weighted by Crippen LogP contribution is 2.26. The van der Waals surface area contributed by atoms with E-state index in [1.54, 1.807) is 41.3 Å². The molecule has 0 spiro atoms. The zero-order valence-corrected chi connectivity index (χ0v) is 20.5. The fourth-order valence-electron chi connectivity index (χ4n) is 3.59. The SMILES string of the molecule is COc1ccc2c(c1)C(=O)N(C[C@@H](C#Cc1ccc(C(=O)NCCN(C)C)cc1)NC(=O)NC=O)C2. The molecule has 1 aliphatic rings. The van der Waals surface area contributed by atoms with Crippen LogP contribution in [-0.4, -0.2) is 80.9 Å². The van der Waals surface area contributed by atoms with Crippen LogP contribution in [0.3, 0.4) is 0 Å². The van der Waals surface area contributed by atoms with Crippen molar-refractivity contribution < 1.29 is 23.9 Å². The summed E-state index contributed by atoms with van der Waals surface area (Å²) in [7, 11) is 5.39. The second-order valence-electron chi connectivity index (χ2n) is 8.40. The number of carbonyl (C=O) groups is 4. The number of benzene rings is 2. The fraction of sp³-hybridized carbons (Fsp3) is 0.308. The molecule has 0 unspecified atom stereocenters. The molecule has 10 nitrogen and oxygen atoms in total. The van der Waals surface area contributed by atoms with Crippen LogP contribution in [0.5, 0.6) is 5.75 Å². The largest absolute Gasteiger partial charge is 0.497 e. The molecule has 0 bridgehead atoms. The molecular formula is C26H29N5O5. The maximum Gasteiger partial charge on any atom is 0.322 e. The van der Waals surface area contributed by atoms with Crippen molar-refractivity contribution >= 4 is 24.3 Å². The Morgan fingerprint density at radius 3 is 2.61 bits per heavy atom. The number of urea groups is 1. The number of hydrogen-bond donors (Lipinski definition) is 3. The Morgan fingerprint density at radius 1 is 1.19 bits per heavy atom. The lowest BCUT2D eigenvalue weighted by Gasteiger charge is -2.21. The molecule has 1 aliphatic heterocycles. The highest BCUT2D eigenvalue weighted by molar-refractivity contribution is 5.99. The van der Waals surface area contributed by atoms with Gasteiger partial charge in [0.05, 0.1) is 13.7 Å². The van der Waals surface area contributed by atoms with Gasteiger partial charge < -0.3 is 25.2 Å². The lowest BCUT2D eigenvalue weighted by molar-refractivity contribution is -0.108. The summed E-state index contributed by atoms with van der Waals surface area (Å²) in [6, 6.07) is 10.6. The zero-order valence-electron chi connectivity index (χ0n) is 20.5. The first kappa shape index (κ1) is 26.2. The summed E-state index contributed by atoms with van der Waals surface area (Å²) in [5, 5.41) is 7.47. The normalized spacial score (nSPS) is 12.8. The molecule has 0 aliphatic carbocycles. The van der Waals surface area contributed by atoms with Gasteiger partial charge in [0.2, 0.25) is 6.41 Å². The summed E-state index contributed by atoms with van der Waals surface area (Å²) in [4.78, 5) is 51.3. The van der Waals surface area contributed by atoms with Crippen molar-refractivity contribution in [3.05, 3.63) is 64.7 Å². The monoisotopic (exact) mass is 491 g/mol. The third-order valence-corrected chi connectivity index (χ3v) is 5.48. The second-order valence-corrected chi connectivity index (χ2v) is 8.40. The van der Waals surface area contributed by atoms with Crippen molar-refractivity contribution in [2.45, 2.75) is 12.6 Å². The Hall–Kier alpha value is -4.36. The van der Waals surface area contributed by atoms with E-state index in [9.17, 15) is 19.2 Å². The number of methoxy groups -OCH3 is 1. The van der Waals surface area contributed by atoms with E-state index in [0.717, 1.165) is 12.1 Å². The van der Waals surface area contributed by atoms with E-state index in [-0.39, 0.29) is 24.8 Å². The first-order valence-electron chi connectivity index (χ1n) is 11.3. The molecule has 3 N–H and O–H groups in total. The molecule has 1 atom stereocenters. The van der Waals surface area contributed by atoms with Crippen LogP contribution in [0.1, 0.15) is 31.8 Å². The molecule has 0 aromatic heterocycles. The molecule has 3 rings (SSSR count). The van der Waals surface area contributed by atoms with Crippen molar-refractivity contribution in [1.29, 1.82) is 0 Å². The van der Waals surface area contributed by atoms with Crippen LogP contribution in [0.4, 0.5) is 4.79 Å². The Morgan fingerprint density at radius 2 is 1.94 bits per heavy atom. The van der Waals surface area contributed by atoms with Crippen LogP contribution in [0.15, 0.2) is 42.5 Å². The molecule has 2 aromatic rings. The average molecular weight is 492 g/mol. The number of ether oxygens (including phenoxy) is 1. The van der Waals surface area contributed by atoms with Gasteiger partial charge in [-0.05, 0) is 56.1 Å². The number of likely N-dealkylation sites (N-methyl/N-ethyl adjacent to an activating group) is 1. The maximum atomic E-state index is 12.9. The van der Waals surface area contributed by atoms with Crippen molar-refractivity contribution in [3.63, 3.8) is 0 Å². The van der Waals surface area contributed by atoms with E-state index in [0.29, 0.717) is 35.5 Å². The van der Waals surface area contributed by atoms with Gasteiger partial charge >= 0.3 is 6.03 Å². The molecule has 1 heterocycles. The van der Waals surface area contributed by atoms with Crippen LogP contribution in [0.25, 0.3) is 0 Å². The number of fused-ring (bicyclic) bond motifs is 1. The first-order valence-corrected chi connectivity index (χ1v) is 11.3. The predicted octanol–water partition coefficient (Wildman–Crippen LogP) is 0.818. The van der Waals surface area contributed by atoms with Crippen LogP contribution < -0.4 is 20.7 Å². The van der Waals surface area contributed by atoms with Crippen LogP contribution >= 0.6 is 0 Å². The van der Waals surface area contributed by atoms with Gasteiger partial charge in [0.15, 0.2) is 0 Å². The third kappa shape index (κ3) is 7.07. The number of carbonyl (C=O) groups excluding carboxylic acids is 4. The van der Waals surface area contributed by atoms with Crippen LogP contribution in [0, 0.1) is 11.8 Å². The summed E-state index contributed by atoms with van der Waals surface area (Å²) in [6.45, 7) is 1.75. The number of nitrogens with one attached hydrogen (secondary N) is 3. The van der Waals surface area contributed by atoms with Gasteiger partial charge in [-0.2, -0.15) is 0 Å². The van der Waals surface area contributed by atoms with Gasteiger partial charge in [-0.3, -0.25) is 19.7 Å². The lowest BCUT2D eigenvalue weighted by Crippen LogP contribution is -2.46. The smallest absolute Gasteiger partial charge is 0.322 e. The number of amides is 5. The summed E-state index contributed by atoms with van der Waals surface area (Å²) >= 11 is 0. The van der Waals surface area contributed by atoms with Gasteiger partial charge in [0, 0.05) is 36.3 Å². The molecule has 0 saturated heterocycles. The molecule has 10 heteroatoms. The summed E-state index contributed by atoms with van der Waals surface area (Å²) in [6.07, 6.45) is 0.269. The molecule has 0 saturated carbocycles. The minimum absolute atomic E-state index is 0.113. The van der Waals surface area contributed by atoms with E-state index in [2.05, 4.69) is 22.5 Å². The highest BCUT2D eigenvalue weighted by atomic mass is 16.5. The second kappa shape index (κ2) is 12.4. The van der Waals surface area contributed by atoms with Gasteiger partial charge in [0.25, 0.3) is 11.8 Å². The number of nitrogens with zero attached hydrogens (tertiary/aromatic N) is 2. The number of imide groups is 1. The Bertz CT molecular complexity index is 1180. The third-order valence-electron chi connectivity index (χ3n) is 5.48. The Kier molecular flexibility index (Phi) is 9.02. The Balaban J connectivity index is 1.70. The van der Waals surface area contributed by atoms with Gasteiger partial charge in [-0.1, -0.05) is 17.9 Å². The van der Waals surface area contributed by atoms with E-state index in [4.69, 9.17) is 4.74 Å². The molecule has 36 heavy (non-hydrogen) atoms. The predicted molar refractivity (Wildman–Crippen MR) is 133 cm³/mol. The average Bonchev–Trinajstić information content (AvgIpc) is 3.17. The molecular weight excluding hydrogens is 462 g/mol. The zero-order chi connectivity index (χ0) is 26.1.